The zero-order chi connectivity index (χ0) is 29.4. The third-order valence-corrected chi connectivity index (χ3v) is 5.90. The van der Waals surface area contributed by atoms with E-state index in [-0.39, 0.29) is 50.1 Å². The van der Waals surface area contributed by atoms with Crippen LogP contribution >= 0.6 is 0 Å². The van der Waals surface area contributed by atoms with Crippen LogP contribution in [0.3, 0.4) is 0 Å². The minimum absolute atomic E-state index is 0.00177. The van der Waals surface area contributed by atoms with Gasteiger partial charge in [-0.15, -0.1) is 0 Å². The molecule has 4 N–H and O–H groups in total. The number of ether oxygens (including phenoxy) is 4. The van der Waals surface area contributed by atoms with Crippen molar-refractivity contribution in [2.24, 2.45) is 0 Å². The van der Waals surface area contributed by atoms with Crippen LogP contribution in [0.4, 0.5) is 19.0 Å². The number of hydrogen-bond donors (Lipinski definition) is 4. The Labute approximate surface area is 230 Å². The number of alkyl halides is 3. The number of halogens is 3. The number of anilines is 1. The highest BCUT2D eigenvalue weighted by molar-refractivity contribution is 6.06. The van der Waals surface area contributed by atoms with Crippen molar-refractivity contribution < 1.29 is 51.9 Å². The van der Waals surface area contributed by atoms with E-state index >= 15 is 0 Å². The van der Waals surface area contributed by atoms with Crippen LogP contribution in [0.25, 0.3) is 11.2 Å². The zero-order valence-corrected chi connectivity index (χ0v) is 21.4. The molecule has 17 heteroatoms. The summed E-state index contributed by atoms with van der Waals surface area (Å²) >= 11 is 0. The monoisotopic (exact) mass is 584 g/mol. The lowest BCUT2D eigenvalue weighted by molar-refractivity contribution is -0.173. The number of aliphatic hydroxyl groups excluding tert-OH is 2. The number of nitrogens with zero attached hydrogens (tertiary/aromatic N) is 4. The van der Waals surface area contributed by atoms with Gasteiger partial charge in [0.05, 0.1) is 32.8 Å². The van der Waals surface area contributed by atoms with E-state index < -0.39 is 49.1 Å². The first-order valence-electron chi connectivity index (χ1n) is 12.3. The number of carbonyl (C=O) groups excluding carboxylic acids is 2. The second-order valence-electron chi connectivity index (χ2n) is 8.63. The van der Waals surface area contributed by atoms with Crippen LogP contribution in [0, 0.1) is 0 Å². The molecule has 1 saturated heterocycles. The molecule has 1 aliphatic heterocycles. The van der Waals surface area contributed by atoms with E-state index in [0.29, 0.717) is 5.56 Å². The average molecular weight is 585 g/mol. The van der Waals surface area contributed by atoms with Gasteiger partial charge in [-0.1, -0.05) is 18.2 Å². The number of amides is 2. The van der Waals surface area contributed by atoms with Crippen molar-refractivity contribution in [1.29, 1.82) is 0 Å². The molecule has 2 aromatic heterocycles. The van der Waals surface area contributed by atoms with Crippen molar-refractivity contribution in [2.45, 2.75) is 30.7 Å². The maximum atomic E-state index is 12.6. The third kappa shape index (κ3) is 7.51. The second kappa shape index (κ2) is 13.7. The fourth-order valence-electron chi connectivity index (χ4n) is 3.91. The predicted molar refractivity (Wildman–Crippen MR) is 132 cm³/mol. The average Bonchev–Trinajstić information content (AvgIpc) is 3.53. The molecule has 2 amide bonds. The van der Waals surface area contributed by atoms with Crippen molar-refractivity contribution in [3.05, 3.63) is 48.5 Å². The fourth-order valence-corrected chi connectivity index (χ4v) is 3.91. The van der Waals surface area contributed by atoms with Gasteiger partial charge in [-0.2, -0.15) is 13.2 Å². The SMILES string of the molecule is O=C(Nc1ncnc2c1ncn2C1OC(CO)[C@@H](O)[C@H]1OCOCCOCCNC(=O)C(F)(F)F)c1ccccc1. The summed E-state index contributed by atoms with van der Waals surface area (Å²) in [5.41, 5.74) is 0.930. The molecular weight excluding hydrogens is 557 g/mol. The summed E-state index contributed by atoms with van der Waals surface area (Å²) in [5, 5.41) is 24.7. The number of rotatable bonds is 13. The molecule has 0 bridgehead atoms. The van der Waals surface area contributed by atoms with E-state index in [1.54, 1.807) is 35.6 Å². The summed E-state index contributed by atoms with van der Waals surface area (Å²) in [7, 11) is 0. The van der Waals surface area contributed by atoms with Crippen LogP contribution in [-0.2, 0) is 23.7 Å². The molecule has 14 nitrogen and oxygen atoms in total. The molecule has 1 fully saturated rings. The molecule has 0 saturated carbocycles. The topological polar surface area (TPSA) is 179 Å². The van der Waals surface area contributed by atoms with Crippen LogP contribution in [-0.4, -0.2) is 106 Å². The molecule has 0 aliphatic carbocycles. The molecule has 1 aliphatic rings. The highest BCUT2D eigenvalue weighted by Gasteiger charge is 2.46. The highest BCUT2D eigenvalue weighted by atomic mass is 19.4. The summed E-state index contributed by atoms with van der Waals surface area (Å²) in [4.78, 5) is 36.0. The Balaban J connectivity index is 1.33. The molecule has 3 heterocycles. The largest absolute Gasteiger partial charge is 0.471 e. The van der Waals surface area contributed by atoms with Crippen LogP contribution < -0.4 is 10.6 Å². The van der Waals surface area contributed by atoms with Gasteiger partial charge in [-0.3, -0.25) is 14.2 Å². The van der Waals surface area contributed by atoms with Gasteiger partial charge in [0, 0.05) is 12.1 Å². The van der Waals surface area contributed by atoms with Crippen molar-refractivity contribution in [3.8, 4) is 0 Å². The Hall–Kier alpha value is -3.74. The van der Waals surface area contributed by atoms with Crippen molar-refractivity contribution in [2.75, 3.05) is 45.1 Å². The van der Waals surface area contributed by atoms with Gasteiger partial charge in [0.25, 0.3) is 5.91 Å². The number of imidazole rings is 1. The van der Waals surface area contributed by atoms with Crippen LogP contribution in [0.1, 0.15) is 16.6 Å². The Bertz CT molecular complexity index is 1310. The smallest absolute Gasteiger partial charge is 0.394 e. The van der Waals surface area contributed by atoms with E-state index in [0.717, 1.165) is 0 Å². The normalized spacial score (nSPS) is 20.8. The van der Waals surface area contributed by atoms with Gasteiger partial charge >= 0.3 is 12.1 Å². The fraction of sp³-hybridized carbons (Fsp3) is 0.458. The first-order valence-corrected chi connectivity index (χ1v) is 12.3. The van der Waals surface area contributed by atoms with Gasteiger partial charge in [-0.05, 0) is 12.1 Å². The number of nitrogens with one attached hydrogen (secondary N) is 2. The lowest BCUT2D eigenvalue weighted by atomic mass is 10.1. The Morgan fingerprint density at radius 3 is 2.56 bits per heavy atom. The molecule has 3 aromatic rings. The number of carbonyl (C=O) groups is 2. The number of benzene rings is 1. The Morgan fingerprint density at radius 1 is 1.07 bits per heavy atom. The molecular formula is C24H27F3N6O8. The van der Waals surface area contributed by atoms with E-state index in [2.05, 4.69) is 20.3 Å². The number of aromatic nitrogens is 4. The minimum Gasteiger partial charge on any atom is -0.394 e. The molecule has 41 heavy (non-hydrogen) atoms. The van der Waals surface area contributed by atoms with E-state index in [1.165, 1.54) is 17.2 Å². The molecule has 2 unspecified atom stereocenters. The van der Waals surface area contributed by atoms with Gasteiger partial charge in [-0.25, -0.2) is 15.0 Å². The lowest BCUT2D eigenvalue weighted by Gasteiger charge is -2.22. The maximum Gasteiger partial charge on any atom is 0.471 e. The summed E-state index contributed by atoms with van der Waals surface area (Å²) in [6, 6.07) is 8.51. The Kier molecular flexibility index (Phi) is 10.1. The van der Waals surface area contributed by atoms with Gasteiger partial charge in [0.15, 0.2) is 23.2 Å². The van der Waals surface area contributed by atoms with E-state index in [1.807, 2.05) is 0 Å². The molecule has 4 rings (SSSR count). The molecule has 0 radical (unpaired) electrons. The molecule has 1 aromatic carbocycles. The quantitative estimate of drug-likeness (QED) is 0.161. The summed E-state index contributed by atoms with van der Waals surface area (Å²) < 4.78 is 59.7. The van der Waals surface area contributed by atoms with Crippen molar-refractivity contribution in [3.63, 3.8) is 0 Å². The number of aliphatic hydroxyl groups is 2. The van der Waals surface area contributed by atoms with Crippen molar-refractivity contribution in [1.82, 2.24) is 24.8 Å². The lowest BCUT2D eigenvalue weighted by Crippen LogP contribution is -2.38. The van der Waals surface area contributed by atoms with E-state index in [9.17, 15) is 33.0 Å². The number of fused-ring (bicyclic) bond motifs is 1. The summed E-state index contributed by atoms with van der Waals surface area (Å²) in [6.07, 6.45) is -6.62. The molecule has 222 valence electrons. The van der Waals surface area contributed by atoms with Crippen molar-refractivity contribution >= 4 is 28.8 Å². The summed E-state index contributed by atoms with van der Waals surface area (Å²) in [6.45, 7) is -1.32. The standard InChI is InChI=1S/C24H27F3N6O8/c25-24(26,27)23(37)28-6-7-38-8-9-39-13-40-18-17(35)15(10-34)41-22(18)33-12-31-16-19(29-11-30-20(16)33)32-21(36)14-4-2-1-3-5-14/h1-5,11-12,15,17-18,22,34-35H,6-10,13H2,(H,28,37)(H,29,30,32,36)/t15?,17-,18-,22?/m1/s1. The molecule has 4 atom stereocenters. The first-order chi connectivity index (χ1) is 19.7. The Morgan fingerprint density at radius 2 is 1.83 bits per heavy atom. The molecule has 0 spiro atoms. The zero-order valence-electron chi connectivity index (χ0n) is 21.4. The van der Waals surface area contributed by atoms with Gasteiger partial charge in [0.1, 0.15) is 31.4 Å². The summed E-state index contributed by atoms with van der Waals surface area (Å²) in [5.74, 6) is -2.30. The third-order valence-electron chi connectivity index (χ3n) is 5.90. The van der Waals surface area contributed by atoms with Crippen LogP contribution in [0.15, 0.2) is 43.0 Å². The van der Waals surface area contributed by atoms with Crippen LogP contribution in [0.2, 0.25) is 0 Å². The van der Waals surface area contributed by atoms with Crippen LogP contribution in [0.5, 0.6) is 0 Å². The first kappa shape index (κ1) is 30.2. The van der Waals surface area contributed by atoms with E-state index in [4.69, 9.17) is 18.9 Å². The highest BCUT2D eigenvalue weighted by Crippen LogP contribution is 2.34. The van der Waals surface area contributed by atoms with Gasteiger partial charge < -0.3 is 39.8 Å². The second-order valence-corrected chi connectivity index (χ2v) is 8.63. The maximum absolute atomic E-state index is 12.6. The van der Waals surface area contributed by atoms with Gasteiger partial charge in [0.2, 0.25) is 0 Å². The number of hydrogen-bond acceptors (Lipinski definition) is 11. The predicted octanol–water partition coefficient (Wildman–Crippen LogP) is 0.384. The minimum atomic E-state index is -4.96.